The summed E-state index contributed by atoms with van der Waals surface area (Å²) in [5.74, 6) is 0.736. The maximum Gasteiger partial charge on any atom is 0.494 e. The topological polar surface area (TPSA) is 82.4 Å². The van der Waals surface area contributed by atoms with E-state index < -0.39 is 18.3 Å². The number of rotatable bonds is 5. The van der Waals surface area contributed by atoms with Gasteiger partial charge in [-0.15, -0.1) is 0 Å². The molecular weight excluding hydrogens is 429 g/mol. The molecule has 1 aromatic carbocycles. The highest BCUT2D eigenvalue weighted by Crippen LogP contribution is 2.36. The molecule has 0 unspecified atom stereocenters. The predicted octanol–water partition coefficient (Wildman–Crippen LogP) is 2.93. The van der Waals surface area contributed by atoms with Crippen LogP contribution in [0.2, 0.25) is 0 Å². The van der Waals surface area contributed by atoms with Crippen molar-refractivity contribution in [1.29, 1.82) is 0 Å². The highest BCUT2D eigenvalue weighted by atomic mass is 16.7. The first-order valence-corrected chi connectivity index (χ1v) is 11.8. The third-order valence-corrected chi connectivity index (χ3v) is 7.04. The molecule has 0 radical (unpaired) electrons. The number of aromatic nitrogens is 4. The van der Waals surface area contributed by atoms with Gasteiger partial charge in [0.05, 0.1) is 17.4 Å². The Morgan fingerprint density at radius 1 is 0.971 bits per heavy atom. The average Bonchev–Trinajstić information content (AvgIpc) is 3.55. The largest absolute Gasteiger partial charge is 0.494 e. The Hall–Kier alpha value is -3.04. The van der Waals surface area contributed by atoms with Gasteiger partial charge in [0.15, 0.2) is 5.82 Å². The Kier molecular flexibility index (Phi) is 5.77. The Bertz CT molecular complexity index is 1170. The van der Waals surface area contributed by atoms with Crippen molar-refractivity contribution in [3.8, 4) is 22.5 Å². The molecule has 0 saturated carbocycles. The first-order valence-electron chi connectivity index (χ1n) is 11.8. The van der Waals surface area contributed by atoms with E-state index in [-0.39, 0.29) is 12.5 Å². The summed E-state index contributed by atoms with van der Waals surface area (Å²) < 4.78 is 14.0. The fourth-order valence-electron chi connectivity index (χ4n) is 4.23. The van der Waals surface area contributed by atoms with Gasteiger partial charge in [0.1, 0.15) is 6.54 Å². The van der Waals surface area contributed by atoms with Crippen LogP contribution in [-0.4, -0.2) is 62.0 Å². The lowest BCUT2D eigenvalue weighted by molar-refractivity contribution is -0.130. The zero-order chi connectivity index (χ0) is 23.9. The van der Waals surface area contributed by atoms with E-state index in [4.69, 9.17) is 9.31 Å². The van der Waals surface area contributed by atoms with Crippen LogP contribution in [0.1, 0.15) is 40.5 Å². The van der Waals surface area contributed by atoms with Gasteiger partial charge in [-0.05, 0) is 46.0 Å². The normalized spacial score (nSPS) is 19.1. The SMILES string of the molecule is CC1(C)OB(c2cccc(-c3ncc(-c4cnn(CC(=O)N5CCCC5)c4)cn3)c2)OC1(C)C. The van der Waals surface area contributed by atoms with Crippen LogP contribution in [0.3, 0.4) is 0 Å². The summed E-state index contributed by atoms with van der Waals surface area (Å²) in [6, 6.07) is 7.96. The molecule has 2 aromatic heterocycles. The van der Waals surface area contributed by atoms with E-state index in [9.17, 15) is 4.79 Å². The zero-order valence-corrected chi connectivity index (χ0v) is 20.2. The fourth-order valence-corrected chi connectivity index (χ4v) is 4.23. The Morgan fingerprint density at radius 2 is 1.65 bits per heavy atom. The van der Waals surface area contributed by atoms with E-state index in [1.165, 1.54) is 0 Å². The number of carbonyl (C=O) groups excluding carboxylic acids is 1. The van der Waals surface area contributed by atoms with E-state index >= 15 is 0 Å². The Labute approximate surface area is 200 Å². The lowest BCUT2D eigenvalue weighted by atomic mass is 9.78. The second-order valence-corrected chi connectivity index (χ2v) is 10.0. The maximum absolute atomic E-state index is 12.4. The van der Waals surface area contributed by atoms with Crippen LogP contribution in [0.15, 0.2) is 49.1 Å². The van der Waals surface area contributed by atoms with Gasteiger partial charge >= 0.3 is 7.12 Å². The van der Waals surface area contributed by atoms with Crippen LogP contribution < -0.4 is 5.46 Å². The van der Waals surface area contributed by atoms with E-state index in [1.54, 1.807) is 23.3 Å². The first kappa shape index (κ1) is 22.7. The van der Waals surface area contributed by atoms with Crippen LogP contribution >= 0.6 is 0 Å². The van der Waals surface area contributed by atoms with E-state index in [2.05, 4.69) is 15.1 Å². The summed E-state index contributed by atoms with van der Waals surface area (Å²) in [5, 5.41) is 4.35. The maximum atomic E-state index is 12.4. The number of benzene rings is 1. The minimum absolute atomic E-state index is 0.112. The van der Waals surface area contributed by atoms with Crippen LogP contribution in [0.4, 0.5) is 0 Å². The number of nitrogens with zero attached hydrogens (tertiary/aromatic N) is 5. The molecule has 0 spiro atoms. The number of carbonyl (C=O) groups is 1. The van der Waals surface area contributed by atoms with Gasteiger partial charge in [-0.2, -0.15) is 5.10 Å². The quantitative estimate of drug-likeness (QED) is 0.546. The molecule has 4 heterocycles. The van der Waals surface area contributed by atoms with Gasteiger partial charge in [0.2, 0.25) is 5.91 Å². The lowest BCUT2D eigenvalue weighted by Crippen LogP contribution is -2.41. The highest BCUT2D eigenvalue weighted by molar-refractivity contribution is 6.62. The molecule has 0 bridgehead atoms. The van der Waals surface area contributed by atoms with Gasteiger partial charge in [0.25, 0.3) is 0 Å². The minimum atomic E-state index is -0.432. The summed E-state index contributed by atoms with van der Waals surface area (Å²) in [5.41, 5.74) is 2.78. The Morgan fingerprint density at radius 3 is 2.32 bits per heavy atom. The molecule has 0 N–H and O–H groups in total. The van der Waals surface area contributed by atoms with E-state index in [0.717, 1.165) is 48.1 Å². The van der Waals surface area contributed by atoms with Crippen LogP contribution in [-0.2, 0) is 20.6 Å². The molecule has 176 valence electrons. The molecule has 34 heavy (non-hydrogen) atoms. The molecule has 0 aliphatic carbocycles. The van der Waals surface area contributed by atoms with Gasteiger partial charge in [-0.25, -0.2) is 9.97 Å². The standard InChI is InChI=1S/C25H30BN5O3/c1-24(2)25(3,4)34-26(33-24)21-9-7-8-18(12-21)23-27-13-19(14-28-23)20-15-29-31(16-20)17-22(32)30-10-5-6-11-30/h7-9,12-16H,5-6,10-11,17H2,1-4H3. The third kappa shape index (κ3) is 4.37. The van der Waals surface area contributed by atoms with Crippen LogP contribution in [0.5, 0.6) is 0 Å². The van der Waals surface area contributed by atoms with Crippen LogP contribution in [0.25, 0.3) is 22.5 Å². The molecule has 5 rings (SSSR count). The first-order chi connectivity index (χ1) is 16.2. The molecule has 3 aromatic rings. The molecule has 0 atom stereocenters. The summed E-state index contributed by atoms with van der Waals surface area (Å²) in [6.07, 6.45) is 9.35. The van der Waals surface area contributed by atoms with Crippen LogP contribution in [0, 0.1) is 0 Å². The summed E-state index contributed by atoms with van der Waals surface area (Å²) in [6.45, 7) is 10.1. The van der Waals surface area contributed by atoms with Gasteiger partial charge < -0.3 is 14.2 Å². The van der Waals surface area contributed by atoms with Crippen molar-refractivity contribution in [1.82, 2.24) is 24.6 Å². The number of amides is 1. The minimum Gasteiger partial charge on any atom is -0.399 e. The van der Waals surface area contributed by atoms with Gasteiger partial charge in [0, 0.05) is 48.4 Å². The fraction of sp³-hybridized carbons (Fsp3) is 0.440. The van der Waals surface area contributed by atoms with Crippen molar-refractivity contribution < 1.29 is 14.1 Å². The molecule has 9 heteroatoms. The van der Waals surface area contributed by atoms with Gasteiger partial charge in [-0.1, -0.05) is 24.3 Å². The number of hydrogen-bond acceptors (Lipinski definition) is 6. The monoisotopic (exact) mass is 459 g/mol. The second-order valence-electron chi connectivity index (χ2n) is 10.0. The molecule has 1 amide bonds. The van der Waals surface area contributed by atoms with Crippen molar-refractivity contribution in [2.24, 2.45) is 0 Å². The van der Waals surface area contributed by atoms with Crippen molar-refractivity contribution in [3.05, 3.63) is 49.1 Å². The molecule has 2 saturated heterocycles. The predicted molar refractivity (Wildman–Crippen MR) is 130 cm³/mol. The van der Waals surface area contributed by atoms with E-state index in [1.807, 2.05) is 63.1 Å². The molecule has 2 aliphatic rings. The third-order valence-electron chi connectivity index (χ3n) is 7.04. The molecule has 2 aliphatic heterocycles. The molecule has 8 nitrogen and oxygen atoms in total. The van der Waals surface area contributed by atoms with E-state index in [0.29, 0.717) is 5.82 Å². The Balaban J connectivity index is 1.29. The van der Waals surface area contributed by atoms with Crippen molar-refractivity contribution in [3.63, 3.8) is 0 Å². The van der Waals surface area contributed by atoms with Crippen molar-refractivity contribution in [2.75, 3.05) is 13.1 Å². The molecular formula is C25H30BN5O3. The summed E-state index contributed by atoms with van der Waals surface area (Å²) in [4.78, 5) is 23.4. The zero-order valence-electron chi connectivity index (χ0n) is 20.2. The smallest absolute Gasteiger partial charge is 0.399 e. The number of hydrogen-bond donors (Lipinski definition) is 0. The summed E-state index contributed by atoms with van der Waals surface area (Å²) >= 11 is 0. The number of likely N-dealkylation sites (tertiary alicyclic amines) is 1. The summed E-state index contributed by atoms with van der Waals surface area (Å²) in [7, 11) is -0.432. The van der Waals surface area contributed by atoms with Crippen molar-refractivity contribution >= 4 is 18.5 Å². The lowest BCUT2D eigenvalue weighted by Gasteiger charge is -2.32. The highest BCUT2D eigenvalue weighted by Gasteiger charge is 2.51. The average molecular weight is 459 g/mol. The van der Waals surface area contributed by atoms with Gasteiger partial charge in [-0.3, -0.25) is 9.48 Å². The van der Waals surface area contributed by atoms with Crippen molar-refractivity contribution in [2.45, 2.75) is 58.3 Å². The molecule has 2 fully saturated rings. The second kappa shape index (κ2) is 8.63.